The standard InChI is InChI=1S/C23H29NO2/c25-23(15-5-7-17-24-16-6-4-10-22(23)24)20-11-13-21(14-12-20)26-18-19-8-2-1-3-9-19/h1-3,8-9,11-14,22,25H,4-7,10,15-18H2. The van der Waals surface area contributed by atoms with Crippen molar-refractivity contribution in [1.82, 2.24) is 4.90 Å². The zero-order valence-electron chi connectivity index (χ0n) is 15.4. The van der Waals surface area contributed by atoms with Crippen LogP contribution in [0.4, 0.5) is 0 Å². The van der Waals surface area contributed by atoms with Gasteiger partial charge >= 0.3 is 0 Å². The highest BCUT2D eigenvalue weighted by molar-refractivity contribution is 5.33. The maximum absolute atomic E-state index is 11.6. The van der Waals surface area contributed by atoms with Crippen LogP contribution < -0.4 is 4.74 Å². The molecule has 0 amide bonds. The monoisotopic (exact) mass is 351 g/mol. The van der Waals surface area contributed by atoms with Gasteiger partial charge in [-0.1, -0.05) is 48.9 Å². The fourth-order valence-electron chi connectivity index (χ4n) is 4.59. The predicted molar refractivity (Wildman–Crippen MR) is 104 cm³/mol. The van der Waals surface area contributed by atoms with Gasteiger partial charge in [-0.3, -0.25) is 4.90 Å². The summed E-state index contributed by atoms with van der Waals surface area (Å²) in [6, 6.07) is 18.6. The molecule has 3 nitrogen and oxygen atoms in total. The van der Waals surface area contributed by atoms with Gasteiger partial charge in [0.2, 0.25) is 0 Å². The highest BCUT2D eigenvalue weighted by Crippen LogP contribution is 2.40. The summed E-state index contributed by atoms with van der Waals surface area (Å²) in [4.78, 5) is 2.52. The van der Waals surface area contributed by atoms with Crippen molar-refractivity contribution in [2.45, 2.75) is 56.8 Å². The lowest BCUT2D eigenvalue weighted by Gasteiger charge is -2.44. The number of ether oxygens (including phenoxy) is 1. The molecule has 2 unspecified atom stereocenters. The van der Waals surface area contributed by atoms with Crippen LogP contribution >= 0.6 is 0 Å². The first-order valence-electron chi connectivity index (χ1n) is 9.99. The molecule has 0 spiro atoms. The molecule has 2 aliphatic rings. The van der Waals surface area contributed by atoms with E-state index in [9.17, 15) is 5.11 Å². The van der Waals surface area contributed by atoms with Crippen molar-refractivity contribution in [2.75, 3.05) is 13.1 Å². The van der Waals surface area contributed by atoms with Crippen LogP contribution in [-0.2, 0) is 12.2 Å². The third kappa shape index (κ3) is 3.65. The Morgan fingerprint density at radius 3 is 2.42 bits per heavy atom. The number of benzene rings is 2. The molecule has 2 saturated heterocycles. The van der Waals surface area contributed by atoms with Crippen molar-refractivity contribution >= 4 is 0 Å². The minimum absolute atomic E-state index is 0.259. The molecule has 2 heterocycles. The van der Waals surface area contributed by atoms with Gasteiger partial charge in [-0.05, 0) is 68.5 Å². The molecule has 0 aliphatic carbocycles. The lowest BCUT2D eigenvalue weighted by Crippen LogP contribution is -2.51. The highest BCUT2D eigenvalue weighted by Gasteiger charge is 2.43. The van der Waals surface area contributed by atoms with Crippen molar-refractivity contribution < 1.29 is 9.84 Å². The number of rotatable bonds is 4. The maximum atomic E-state index is 11.6. The summed E-state index contributed by atoms with van der Waals surface area (Å²) in [5.41, 5.74) is 1.48. The number of fused-ring (bicyclic) bond motifs is 1. The van der Waals surface area contributed by atoms with Gasteiger partial charge in [0.15, 0.2) is 0 Å². The molecular formula is C23H29NO2. The van der Waals surface area contributed by atoms with Crippen molar-refractivity contribution in [1.29, 1.82) is 0 Å². The van der Waals surface area contributed by atoms with E-state index in [0.29, 0.717) is 6.61 Å². The number of nitrogens with zero attached hydrogens (tertiary/aromatic N) is 1. The molecule has 2 aliphatic heterocycles. The fourth-order valence-corrected chi connectivity index (χ4v) is 4.59. The minimum Gasteiger partial charge on any atom is -0.489 e. The normalized spacial score (nSPS) is 26.7. The second-order valence-electron chi connectivity index (χ2n) is 7.73. The van der Waals surface area contributed by atoms with Crippen LogP contribution in [0.15, 0.2) is 54.6 Å². The van der Waals surface area contributed by atoms with Crippen LogP contribution in [-0.4, -0.2) is 29.1 Å². The van der Waals surface area contributed by atoms with Gasteiger partial charge < -0.3 is 9.84 Å². The Kier molecular flexibility index (Phi) is 5.28. The molecule has 2 aromatic rings. The molecule has 2 atom stereocenters. The van der Waals surface area contributed by atoms with E-state index in [1.807, 2.05) is 30.3 Å². The zero-order chi connectivity index (χ0) is 17.8. The van der Waals surface area contributed by atoms with Gasteiger partial charge in [0.1, 0.15) is 18.0 Å². The average Bonchev–Trinajstić information content (AvgIpc) is 2.88. The quantitative estimate of drug-likeness (QED) is 0.881. The first-order chi connectivity index (χ1) is 12.8. The van der Waals surface area contributed by atoms with E-state index in [1.54, 1.807) is 0 Å². The predicted octanol–water partition coefficient (Wildman–Crippen LogP) is 4.49. The van der Waals surface area contributed by atoms with Crippen LogP contribution in [0.2, 0.25) is 0 Å². The molecular weight excluding hydrogens is 322 g/mol. The third-order valence-electron chi connectivity index (χ3n) is 6.02. The summed E-state index contributed by atoms with van der Waals surface area (Å²) in [6.45, 7) is 2.83. The molecule has 2 aromatic carbocycles. The largest absolute Gasteiger partial charge is 0.489 e. The van der Waals surface area contributed by atoms with E-state index in [0.717, 1.165) is 49.2 Å². The van der Waals surface area contributed by atoms with Gasteiger partial charge in [-0.15, -0.1) is 0 Å². The van der Waals surface area contributed by atoms with Gasteiger partial charge in [0.25, 0.3) is 0 Å². The molecule has 0 aromatic heterocycles. The van der Waals surface area contributed by atoms with Gasteiger partial charge in [-0.2, -0.15) is 0 Å². The molecule has 3 heteroatoms. The maximum Gasteiger partial charge on any atom is 0.119 e. The number of aliphatic hydroxyl groups is 1. The molecule has 2 fully saturated rings. The Hall–Kier alpha value is -1.84. The van der Waals surface area contributed by atoms with Crippen LogP contribution in [0.5, 0.6) is 5.75 Å². The minimum atomic E-state index is -0.727. The second-order valence-corrected chi connectivity index (χ2v) is 7.73. The first-order valence-corrected chi connectivity index (χ1v) is 9.99. The molecule has 0 bridgehead atoms. The highest BCUT2D eigenvalue weighted by atomic mass is 16.5. The molecule has 0 radical (unpaired) electrons. The summed E-state index contributed by atoms with van der Waals surface area (Å²) in [5.74, 6) is 0.857. The van der Waals surface area contributed by atoms with Crippen LogP contribution in [0, 0.1) is 0 Å². The third-order valence-corrected chi connectivity index (χ3v) is 6.02. The van der Waals surface area contributed by atoms with Crippen molar-refractivity contribution in [3.63, 3.8) is 0 Å². The van der Waals surface area contributed by atoms with Crippen LogP contribution in [0.1, 0.15) is 49.7 Å². The Morgan fingerprint density at radius 1 is 0.923 bits per heavy atom. The smallest absolute Gasteiger partial charge is 0.119 e. The summed E-state index contributed by atoms with van der Waals surface area (Å²) in [6.07, 6.45) is 6.73. The molecule has 1 N–H and O–H groups in total. The van der Waals surface area contributed by atoms with Crippen molar-refractivity contribution in [2.24, 2.45) is 0 Å². The molecule has 4 rings (SSSR count). The zero-order valence-corrected chi connectivity index (χ0v) is 15.4. The fraction of sp³-hybridized carbons (Fsp3) is 0.478. The second kappa shape index (κ2) is 7.81. The first kappa shape index (κ1) is 17.6. The van der Waals surface area contributed by atoms with Gasteiger partial charge in [0.05, 0.1) is 0 Å². The van der Waals surface area contributed by atoms with E-state index in [2.05, 4.69) is 29.2 Å². The topological polar surface area (TPSA) is 32.7 Å². The molecule has 138 valence electrons. The Bertz CT molecular complexity index is 700. The summed E-state index contributed by atoms with van der Waals surface area (Å²) in [5, 5.41) is 11.6. The van der Waals surface area contributed by atoms with Gasteiger partial charge in [0, 0.05) is 6.04 Å². The summed E-state index contributed by atoms with van der Waals surface area (Å²) >= 11 is 0. The van der Waals surface area contributed by atoms with E-state index >= 15 is 0 Å². The van der Waals surface area contributed by atoms with E-state index in [4.69, 9.17) is 4.74 Å². The summed E-state index contributed by atoms with van der Waals surface area (Å²) in [7, 11) is 0. The Morgan fingerprint density at radius 2 is 1.65 bits per heavy atom. The van der Waals surface area contributed by atoms with E-state index < -0.39 is 5.60 Å². The average molecular weight is 351 g/mol. The lowest BCUT2D eigenvalue weighted by molar-refractivity contribution is -0.0629. The van der Waals surface area contributed by atoms with E-state index in [1.165, 1.54) is 19.3 Å². The van der Waals surface area contributed by atoms with Crippen molar-refractivity contribution in [3.8, 4) is 5.75 Å². The molecule has 0 saturated carbocycles. The Balaban J connectivity index is 1.49. The lowest BCUT2D eigenvalue weighted by atomic mass is 9.79. The van der Waals surface area contributed by atoms with Crippen LogP contribution in [0.25, 0.3) is 0 Å². The van der Waals surface area contributed by atoms with Crippen molar-refractivity contribution in [3.05, 3.63) is 65.7 Å². The number of hydrogen-bond acceptors (Lipinski definition) is 3. The molecule has 26 heavy (non-hydrogen) atoms. The Labute approximate surface area is 156 Å². The SMILES string of the molecule is OC1(c2ccc(OCc3ccccc3)cc2)CCCCN2CCCCC21. The van der Waals surface area contributed by atoms with Crippen LogP contribution in [0.3, 0.4) is 0 Å². The summed E-state index contributed by atoms with van der Waals surface area (Å²) < 4.78 is 5.91. The number of hydrogen-bond donors (Lipinski definition) is 1. The van der Waals surface area contributed by atoms with E-state index in [-0.39, 0.29) is 6.04 Å². The number of piperidine rings is 1. The van der Waals surface area contributed by atoms with Gasteiger partial charge in [-0.25, -0.2) is 0 Å².